The molecule has 0 saturated heterocycles. The van der Waals surface area contributed by atoms with Crippen LogP contribution < -0.4 is 14.8 Å². The average molecular weight is 341 g/mol. The maximum Gasteiger partial charge on any atom is 0.162 e. The van der Waals surface area contributed by atoms with Gasteiger partial charge in [-0.05, 0) is 68.0 Å². The fourth-order valence-electron chi connectivity index (χ4n) is 3.08. The number of ether oxygens (including phenoxy) is 2. The number of benzene rings is 2. The quantitative estimate of drug-likeness (QED) is 0.641. The molecule has 126 valence electrons. The second kappa shape index (κ2) is 6.36. The van der Waals surface area contributed by atoms with Crippen molar-refractivity contribution in [3.8, 4) is 11.5 Å². The highest BCUT2D eigenvalue weighted by Crippen LogP contribution is 2.39. The normalized spacial score (nSPS) is 10.9. The van der Waals surface area contributed by atoms with Crippen LogP contribution in [0.15, 0.2) is 24.3 Å². The molecule has 24 heavy (non-hydrogen) atoms. The van der Waals surface area contributed by atoms with E-state index in [0.717, 1.165) is 22.9 Å². The monoisotopic (exact) mass is 341 g/mol. The van der Waals surface area contributed by atoms with E-state index in [1.54, 1.807) is 14.2 Å². The highest BCUT2D eigenvalue weighted by Gasteiger charge is 2.14. The van der Waals surface area contributed by atoms with E-state index in [9.17, 15) is 0 Å². The number of anilines is 2. The molecule has 3 rings (SSSR count). The molecule has 3 nitrogen and oxygen atoms in total. The van der Waals surface area contributed by atoms with Gasteiger partial charge in [-0.1, -0.05) is 0 Å². The summed E-state index contributed by atoms with van der Waals surface area (Å²) in [5.74, 6) is 1.46. The van der Waals surface area contributed by atoms with Gasteiger partial charge in [0, 0.05) is 27.0 Å². The van der Waals surface area contributed by atoms with Gasteiger partial charge in [0.2, 0.25) is 0 Å². The molecular formula is C20H23NO2S. The lowest BCUT2D eigenvalue weighted by molar-refractivity contribution is 0.355. The summed E-state index contributed by atoms with van der Waals surface area (Å²) in [4.78, 5) is 1.39. The Balaban J connectivity index is 2.06. The zero-order valence-corrected chi connectivity index (χ0v) is 15.9. The number of thiophene rings is 1. The molecule has 1 aromatic heterocycles. The van der Waals surface area contributed by atoms with Crippen molar-refractivity contribution >= 4 is 32.8 Å². The molecule has 1 heterocycles. The number of aryl methyl sites for hydroxylation is 4. The van der Waals surface area contributed by atoms with Crippen LogP contribution >= 0.6 is 11.3 Å². The van der Waals surface area contributed by atoms with E-state index in [4.69, 9.17) is 9.47 Å². The summed E-state index contributed by atoms with van der Waals surface area (Å²) in [7, 11) is 3.30. The van der Waals surface area contributed by atoms with E-state index >= 15 is 0 Å². The predicted molar refractivity (Wildman–Crippen MR) is 104 cm³/mol. The zero-order valence-electron chi connectivity index (χ0n) is 15.0. The predicted octanol–water partition coefficient (Wildman–Crippen LogP) is 5.90. The van der Waals surface area contributed by atoms with Crippen LogP contribution in [0.5, 0.6) is 11.5 Å². The summed E-state index contributed by atoms with van der Waals surface area (Å²) >= 11 is 1.87. The van der Waals surface area contributed by atoms with Crippen LogP contribution in [0, 0.1) is 27.7 Å². The molecule has 0 unspecified atom stereocenters. The van der Waals surface area contributed by atoms with Crippen molar-refractivity contribution in [3.05, 3.63) is 45.8 Å². The lowest BCUT2D eigenvalue weighted by Crippen LogP contribution is -1.97. The SMILES string of the molecule is COc1ccc(Nc2cc(C)c3c(C)c(C)sc3c2C)cc1OC. The van der Waals surface area contributed by atoms with E-state index in [0.29, 0.717) is 0 Å². The third kappa shape index (κ3) is 2.71. The van der Waals surface area contributed by atoms with Gasteiger partial charge in [-0.15, -0.1) is 11.3 Å². The molecule has 1 N–H and O–H groups in total. The van der Waals surface area contributed by atoms with Gasteiger partial charge in [0.25, 0.3) is 0 Å². The standard InChI is InChI=1S/C20H23NO2S/c1-11-9-16(13(3)20-19(11)12(2)14(4)24-20)21-15-7-8-17(22-5)18(10-15)23-6/h7-10,21H,1-6H3. The van der Waals surface area contributed by atoms with Crippen LogP contribution in [-0.2, 0) is 0 Å². The molecule has 0 aliphatic carbocycles. The van der Waals surface area contributed by atoms with E-state index in [-0.39, 0.29) is 0 Å². The zero-order chi connectivity index (χ0) is 17.4. The summed E-state index contributed by atoms with van der Waals surface area (Å²) in [6.45, 7) is 8.77. The lowest BCUT2D eigenvalue weighted by atomic mass is 10.0. The topological polar surface area (TPSA) is 30.5 Å². The first kappa shape index (κ1) is 16.7. The van der Waals surface area contributed by atoms with Gasteiger partial charge in [-0.3, -0.25) is 0 Å². The Kier molecular flexibility index (Phi) is 4.41. The summed E-state index contributed by atoms with van der Waals surface area (Å²) in [5, 5.41) is 4.93. The Morgan fingerprint density at radius 3 is 2.25 bits per heavy atom. The summed E-state index contributed by atoms with van der Waals surface area (Å²) in [6.07, 6.45) is 0. The lowest BCUT2D eigenvalue weighted by Gasteiger charge is -2.14. The van der Waals surface area contributed by atoms with Gasteiger partial charge in [0.05, 0.1) is 14.2 Å². The molecule has 0 atom stereocenters. The first-order chi connectivity index (χ1) is 11.5. The minimum Gasteiger partial charge on any atom is -0.493 e. The maximum absolute atomic E-state index is 5.39. The average Bonchev–Trinajstić information content (AvgIpc) is 2.88. The summed E-state index contributed by atoms with van der Waals surface area (Å²) in [6, 6.07) is 8.11. The second-order valence-electron chi connectivity index (χ2n) is 6.05. The molecule has 0 amide bonds. The molecule has 0 spiro atoms. The smallest absolute Gasteiger partial charge is 0.162 e. The number of hydrogen-bond donors (Lipinski definition) is 1. The number of hydrogen-bond acceptors (Lipinski definition) is 4. The van der Waals surface area contributed by atoms with Gasteiger partial charge in [0.15, 0.2) is 11.5 Å². The first-order valence-corrected chi connectivity index (χ1v) is 8.76. The minimum absolute atomic E-state index is 0.723. The van der Waals surface area contributed by atoms with Crippen LogP contribution in [0.3, 0.4) is 0 Å². The van der Waals surface area contributed by atoms with Gasteiger partial charge in [0.1, 0.15) is 0 Å². The van der Waals surface area contributed by atoms with Crippen molar-refractivity contribution in [3.63, 3.8) is 0 Å². The van der Waals surface area contributed by atoms with Crippen molar-refractivity contribution in [2.24, 2.45) is 0 Å². The number of fused-ring (bicyclic) bond motifs is 1. The molecule has 0 aliphatic heterocycles. The minimum atomic E-state index is 0.723. The van der Waals surface area contributed by atoms with E-state index < -0.39 is 0 Å². The second-order valence-corrected chi connectivity index (χ2v) is 7.27. The number of methoxy groups -OCH3 is 2. The fourth-order valence-corrected chi connectivity index (χ4v) is 4.32. The number of rotatable bonds is 4. The van der Waals surface area contributed by atoms with Crippen molar-refractivity contribution in [1.82, 2.24) is 0 Å². The molecule has 4 heteroatoms. The van der Waals surface area contributed by atoms with Gasteiger partial charge in [-0.25, -0.2) is 0 Å². The van der Waals surface area contributed by atoms with Crippen molar-refractivity contribution in [1.29, 1.82) is 0 Å². The Morgan fingerprint density at radius 1 is 0.875 bits per heavy atom. The van der Waals surface area contributed by atoms with E-state index in [1.165, 1.54) is 31.7 Å². The molecule has 2 aromatic carbocycles. The van der Waals surface area contributed by atoms with E-state index in [2.05, 4.69) is 39.1 Å². The fraction of sp³-hybridized carbons (Fsp3) is 0.300. The van der Waals surface area contributed by atoms with E-state index in [1.807, 2.05) is 29.5 Å². The molecule has 0 radical (unpaired) electrons. The third-order valence-electron chi connectivity index (χ3n) is 4.55. The van der Waals surface area contributed by atoms with Crippen LogP contribution in [0.25, 0.3) is 10.1 Å². The third-order valence-corrected chi connectivity index (χ3v) is 5.87. The highest BCUT2D eigenvalue weighted by molar-refractivity contribution is 7.19. The summed E-state index contributed by atoms with van der Waals surface area (Å²) in [5.41, 5.74) is 6.10. The summed E-state index contributed by atoms with van der Waals surface area (Å²) < 4.78 is 12.1. The van der Waals surface area contributed by atoms with Crippen LogP contribution in [-0.4, -0.2) is 14.2 Å². The van der Waals surface area contributed by atoms with Crippen LogP contribution in [0.4, 0.5) is 11.4 Å². The van der Waals surface area contributed by atoms with Crippen LogP contribution in [0.1, 0.15) is 21.6 Å². The van der Waals surface area contributed by atoms with Crippen LogP contribution in [0.2, 0.25) is 0 Å². The van der Waals surface area contributed by atoms with Crippen molar-refractivity contribution in [2.75, 3.05) is 19.5 Å². The molecule has 0 fully saturated rings. The maximum atomic E-state index is 5.39. The Morgan fingerprint density at radius 2 is 1.58 bits per heavy atom. The van der Waals surface area contributed by atoms with Gasteiger partial charge in [-0.2, -0.15) is 0 Å². The van der Waals surface area contributed by atoms with Crippen molar-refractivity contribution in [2.45, 2.75) is 27.7 Å². The number of nitrogens with one attached hydrogen (secondary N) is 1. The Labute approximate surface area is 147 Å². The van der Waals surface area contributed by atoms with Gasteiger partial charge < -0.3 is 14.8 Å². The van der Waals surface area contributed by atoms with Gasteiger partial charge >= 0.3 is 0 Å². The Hall–Kier alpha value is -2.20. The molecule has 0 saturated carbocycles. The van der Waals surface area contributed by atoms with Crippen molar-refractivity contribution < 1.29 is 9.47 Å². The molecule has 0 aliphatic rings. The highest BCUT2D eigenvalue weighted by atomic mass is 32.1. The Bertz CT molecular complexity index is 912. The largest absolute Gasteiger partial charge is 0.493 e. The molecule has 0 bridgehead atoms. The molecule has 3 aromatic rings. The first-order valence-electron chi connectivity index (χ1n) is 7.95. The molecular weight excluding hydrogens is 318 g/mol.